The number of likely N-dealkylation sites (N-methyl/N-ethyl adjacent to an activating group) is 1. The third-order valence-electron chi connectivity index (χ3n) is 4.18. The predicted octanol–water partition coefficient (Wildman–Crippen LogP) is 1.96. The van der Waals surface area contributed by atoms with Crippen molar-refractivity contribution in [3.63, 3.8) is 0 Å². The molecule has 0 saturated carbocycles. The van der Waals surface area contributed by atoms with Gasteiger partial charge in [-0.25, -0.2) is 4.68 Å². The third-order valence-corrected chi connectivity index (χ3v) is 4.18. The fourth-order valence-electron chi connectivity index (χ4n) is 2.85. The molecular weight excluding hydrogens is 334 g/mol. The van der Waals surface area contributed by atoms with Crippen LogP contribution in [0.4, 0.5) is 0 Å². The molecule has 0 saturated heterocycles. The molecule has 7 heteroatoms. The van der Waals surface area contributed by atoms with Crippen LogP contribution >= 0.6 is 0 Å². The van der Waals surface area contributed by atoms with E-state index in [2.05, 4.69) is 5.10 Å². The molecular formula is C19H23N3O4. The molecule has 0 bridgehead atoms. The molecule has 1 aromatic heterocycles. The summed E-state index contributed by atoms with van der Waals surface area (Å²) in [5.74, 6) is 1.17. The van der Waals surface area contributed by atoms with Crippen LogP contribution in [0.15, 0.2) is 41.2 Å². The smallest absolute Gasteiger partial charge is 0.274 e. The van der Waals surface area contributed by atoms with E-state index in [1.807, 2.05) is 38.1 Å². The Morgan fingerprint density at radius 1 is 1.23 bits per heavy atom. The lowest BCUT2D eigenvalue weighted by Crippen LogP contribution is -2.44. The standard InChI is InChI=1S/C19H23N3O4/c1-3-11-22-18(23)10-9-15(20-22)19(24)21(4-2)12-14-13-25-16-7-5-6-8-17(16)26-14/h5-10,14H,3-4,11-13H2,1-2H3. The number of carbonyl (C=O) groups excluding carboxylic acids is 1. The first-order valence-corrected chi connectivity index (χ1v) is 8.88. The summed E-state index contributed by atoms with van der Waals surface area (Å²) in [7, 11) is 0. The van der Waals surface area contributed by atoms with Crippen LogP contribution in [-0.4, -0.2) is 46.4 Å². The number of para-hydroxylation sites is 2. The first-order chi connectivity index (χ1) is 12.6. The number of amides is 1. The van der Waals surface area contributed by atoms with Gasteiger partial charge in [0.1, 0.15) is 12.3 Å². The molecule has 0 fully saturated rings. The SMILES string of the molecule is CCCn1nc(C(=O)N(CC)CC2COc3ccccc3O2)ccc1=O. The number of fused-ring (bicyclic) bond motifs is 1. The number of ether oxygens (including phenoxy) is 2. The molecule has 2 heterocycles. The first kappa shape index (κ1) is 18.0. The molecule has 138 valence electrons. The molecule has 0 spiro atoms. The van der Waals surface area contributed by atoms with E-state index in [9.17, 15) is 9.59 Å². The third kappa shape index (κ3) is 3.87. The number of benzene rings is 1. The Morgan fingerprint density at radius 3 is 2.73 bits per heavy atom. The van der Waals surface area contributed by atoms with Crippen LogP contribution in [0.1, 0.15) is 30.8 Å². The minimum Gasteiger partial charge on any atom is -0.486 e. The van der Waals surface area contributed by atoms with Crippen LogP contribution < -0.4 is 15.0 Å². The van der Waals surface area contributed by atoms with Gasteiger partial charge in [-0.05, 0) is 31.5 Å². The summed E-state index contributed by atoms with van der Waals surface area (Å²) in [6.45, 7) is 5.62. The molecule has 7 nitrogen and oxygen atoms in total. The number of rotatable bonds is 6. The zero-order valence-electron chi connectivity index (χ0n) is 15.1. The molecule has 26 heavy (non-hydrogen) atoms. The molecule has 1 unspecified atom stereocenters. The molecule has 1 aliphatic rings. The maximum Gasteiger partial charge on any atom is 0.274 e. The van der Waals surface area contributed by atoms with Gasteiger partial charge in [-0.2, -0.15) is 5.10 Å². The van der Waals surface area contributed by atoms with E-state index in [-0.39, 0.29) is 23.3 Å². The minimum atomic E-state index is -0.254. The highest BCUT2D eigenvalue weighted by Gasteiger charge is 2.26. The quantitative estimate of drug-likeness (QED) is 0.790. The number of hydrogen-bond acceptors (Lipinski definition) is 5. The van der Waals surface area contributed by atoms with Gasteiger partial charge in [-0.1, -0.05) is 19.1 Å². The molecule has 1 aromatic carbocycles. The van der Waals surface area contributed by atoms with E-state index in [1.54, 1.807) is 4.90 Å². The summed E-state index contributed by atoms with van der Waals surface area (Å²) in [4.78, 5) is 26.3. The summed E-state index contributed by atoms with van der Waals surface area (Å²) >= 11 is 0. The maximum absolute atomic E-state index is 12.8. The van der Waals surface area contributed by atoms with Crippen molar-refractivity contribution in [2.75, 3.05) is 19.7 Å². The molecule has 0 radical (unpaired) electrons. The van der Waals surface area contributed by atoms with Crippen molar-refractivity contribution in [2.45, 2.75) is 32.9 Å². The molecule has 1 amide bonds. The average molecular weight is 357 g/mol. The second-order valence-corrected chi connectivity index (χ2v) is 6.12. The van der Waals surface area contributed by atoms with Crippen molar-refractivity contribution in [1.82, 2.24) is 14.7 Å². The van der Waals surface area contributed by atoms with E-state index in [0.29, 0.717) is 37.7 Å². The summed E-state index contributed by atoms with van der Waals surface area (Å²) in [5, 5.41) is 4.20. The Balaban J connectivity index is 1.72. The van der Waals surface area contributed by atoms with Crippen molar-refractivity contribution in [1.29, 1.82) is 0 Å². The fraction of sp³-hybridized carbons (Fsp3) is 0.421. The summed E-state index contributed by atoms with van der Waals surface area (Å²) in [6.07, 6.45) is 0.518. The van der Waals surface area contributed by atoms with E-state index in [4.69, 9.17) is 9.47 Å². The highest BCUT2D eigenvalue weighted by molar-refractivity contribution is 5.92. The second-order valence-electron chi connectivity index (χ2n) is 6.12. The van der Waals surface area contributed by atoms with Crippen molar-refractivity contribution < 1.29 is 14.3 Å². The number of hydrogen-bond donors (Lipinski definition) is 0. The fourth-order valence-corrected chi connectivity index (χ4v) is 2.85. The normalized spacial score (nSPS) is 15.5. The van der Waals surface area contributed by atoms with Crippen molar-refractivity contribution in [2.24, 2.45) is 0 Å². The molecule has 3 rings (SSSR count). The first-order valence-electron chi connectivity index (χ1n) is 8.88. The van der Waals surface area contributed by atoms with Crippen LogP contribution in [0.5, 0.6) is 11.5 Å². The second kappa shape index (κ2) is 8.03. The number of nitrogens with zero attached hydrogens (tertiary/aromatic N) is 3. The molecule has 0 N–H and O–H groups in total. The maximum atomic E-state index is 12.8. The lowest BCUT2D eigenvalue weighted by molar-refractivity contribution is 0.0469. The Labute approximate surface area is 152 Å². The van der Waals surface area contributed by atoms with E-state index < -0.39 is 0 Å². The van der Waals surface area contributed by atoms with Crippen LogP contribution in [0.2, 0.25) is 0 Å². The van der Waals surface area contributed by atoms with Crippen LogP contribution in [0.25, 0.3) is 0 Å². The Morgan fingerprint density at radius 2 is 2.00 bits per heavy atom. The highest BCUT2D eigenvalue weighted by atomic mass is 16.6. The zero-order valence-corrected chi connectivity index (χ0v) is 15.1. The summed E-state index contributed by atoms with van der Waals surface area (Å²) < 4.78 is 13.0. The molecule has 1 atom stereocenters. The van der Waals surface area contributed by atoms with Crippen molar-refractivity contribution >= 4 is 5.91 Å². The van der Waals surface area contributed by atoms with Gasteiger partial charge in [0.05, 0.1) is 6.54 Å². The molecule has 0 aliphatic carbocycles. The summed E-state index contributed by atoms with van der Waals surface area (Å²) in [6, 6.07) is 10.3. The predicted molar refractivity (Wildman–Crippen MR) is 96.7 cm³/mol. The lowest BCUT2D eigenvalue weighted by atomic mass is 10.2. The molecule has 1 aliphatic heterocycles. The van der Waals surface area contributed by atoms with Gasteiger partial charge in [0.25, 0.3) is 11.5 Å². The van der Waals surface area contributed by atoms with E-state index >= 15 is 0 Å². The highest BCUT2D eigenvalue weighted by Crippen LogP contribution is 2.31. The van der Waals surface area contributed by atoms with Crippen LogP contribution in [-0.2, 0) is 6.54 Å². The number of aromatic nitrogens is 2. The summed E-state index contributed by atoms with van der Waals surface area (Å²) in [5.41, 5.74) is 0.0593. The van der Waals surface area contributed by atoms with Gasteiger partial charge in [-0.15, -0.1) is 0 Å². The topological polar surface area (TPSA) is 73.7 Å². The van der Waals surface area contributed by atoms with Gasteiger partial charge >= 0.3 is 0 Å². The largest absolute Gasteiger partial charge is 0.486 e. The van der Waals surface area contributed by atoms with Gasteiger partial charge in [-0.3, -0.25) is 9.59 Å². The van der Waals surface area contributed by atoms with Crippen molar-refractivity contribution in [3.8, 4) is 11.5 Å². The monoisotopic (exact) mass is 357 g/mol. The number of carbonyl (C=O) groups is 1. The van der Waals surface area contributed by atoms with Crippen LogP contribution in [0.3, 0.4) is 0 Å². The Hall–Kier alpha value is -2.83. The van der Waals surface area contributed by atoms with Gasteiger partial charge in [0, 0.05) is 19.2 Å². The van der Waals surface area contributed by atoms with Gasteiger partial charge < -0.3 is 14.4 Å². The minimum absolute atomic E-state index is 0.202. The lowest BCUT2D eigenvalue weighted by Gasteiger charge is -2.30. The average Bonchev–Trinajstić information content (AvgIpc) is 2.67. The van der Waals surface area contributed by atoms with E-state index in [1.165, 1.54) is 16.8 Å². The van der Waals surface area contributed by atoms with Crippen molar-refractivity contribution in [3.05, 3.63) is 52.4 Å². The van der Waals surface area contributed by atoms with E-state index in [0.717, 1.165) is 6.42 Å². The Bertz CT molecular complexity index is 834. The molecule has 2 aromatic rings. The van der Waals surface area contributed by atoms with Gasteiger partial charge in [0.2, 0.25) is 0 Å². The zero-order chi connectivity index (χ0) is 18.5. The van der Waals surface area contributed by atoms with Gasteiger partial charge in [0.15, 0.2) is 17.6 Å². The van der Waals surface area contributed by atoms with Crippen LogP contribution in [0, 0.1) is 0 Å². The Kier molecular flexibility index (Phi) is 5.55. The number of aryl methyl sites for hydroxylation is 1.